The van der Waals surface area contributed by atoms with Crippen LogP contribution in [0.4, 0.5) is 5.69 Å². The Hall–Kier alpha value is -3.55. The Bertz CT molecular complexity index is 1530. The molecule has 0 radical (unpaired) electrons. The summed E-state index contributed by atoms with van der Waals surface area (Å²) in [6, 6.07) is 11.0. The molecule has 2 aliphatic heterocycles. The topological polar surface area (TPSA) is 142 Å². The number of benzene rings is 2. The highest BCUT2D eigenvalue weighted by atomic mass is 32.2. The van der Waals surface area contributed by atoms with Gasteiger partial charge in [-0.2, -0.15) is 8.42 Å². The number of carbonyl (C=O) groups excluding carboxylic acids is 2. The third kappa shape index (κ3) is 6.13. The lowest BCUT2D eigenvalue weighted by atomic mass is 9.83. The van der Waals surface area contributed by atoms with Crippen LogP contribution < -0.4 is 0 Å². The fourth-order valence-corrected chi connectivity index (χ4v) is 7.22. The van der Waals surface area contributed by atoms with E-state index < -0.39 is 47.4 Å². The number of hydrogen-bond acceptors (Lipinski definition) is 9. The van der Waals surface area contributed by atoms with Gasteiger partial charge in [-0.3, -0.25) is 19.8 Å². The van der Waals surface area contributed by atoms with Crippen molar-refractivity contribution >= 4 is 36.0 Å². The van der Waals surface area contributed by atoms with Crippen LogP contribution in [0.15, 0.2) is 64.9 Å². The van der Waals surface area contributed by atoms with E-state index in [1.165, 1.54) is 41.3 Å². The van der Waals surface area contributed by atoms with Crippen molar-refractivity contribution in [2.45, 2.75) is 82.8 Å². The molecule has 1 saturated heterocycles. The maximum Gasteiger partial charge on any atom is 0.358 e. The monoisotopic (exact) mass is 616 g/mol. The van der Waals surface area contributed by atoms with E-state index in [0.717, 1.165) is 5.56 Å². The van der Waals surface area contributed by atoms with Crippen molar-refractivity contribution in [1.82, 2.24) is 4.90 Å². The quantitative estimate of drug-likeness (QED) is 0.0878. The van der Waals surface area contributed by atoms with Crippen molar-refractivity contribution in [2.75, 3.05) is 0 Å². The summed E-state index contributed by atoms with van der Waals surface area (Å²) in [5.41, 5.74) is 0.953. The van der Waals surface area contributed by atoms with E-state index >= 15 is 0 Å². The number of ether oxygens (including phenoxy) is 1. The summed E-state index contributed by atoms with van der Waals surface area (Å²) in [5.74, 6) is -2.08. The average Bonchev–Trinajstić information content (AvgIpc) is 3.20. The molecule has 11 nitrogen and oxygen atoms in total. The Morgan fingerprint density at radius 3 is 2.26 bits per heavy atom. The molecule has 13 heteroatoms. The van der Waals surface area contributed by atoms with E-state index in [-0.39, 0.29) is 46.0 Å². The minimum atomic E-state index is -4.32. The molecule has 226 valence electrons. The molecule has 4 rings (SSSR count). The zero-order valence-corrected chi connectivity index (χ0v) is 26.6. The van der Waals surface area contributed by atoms with Crippen molar-refractivity contribution in [3.05, 3.63) is 81.2 Å². The molecule has 3 atom stereocenters. The number of carbonyl (C=O) groups is 2. The van der Waals surface area contributed by atoms with Crippen molar-refractivity contribution in [2.24, 2.45) is 5.92 Å². The number of fused-ring (bicyclic) bond motifs is 1. The van der Waals surface area contributed by atoms with Gasteiger partial charge in [-0.25, -0.2) is 4.79 Å². The Morgan fingerprint density at radius 1 is 1.12 bits per heavy atom. The van der Waals surface area contributed by atoms with E-state index in [9.17, 15) is 28.1 Å². The lowest BCUT2D eigenvalue weighted by Gasteiger charge is -2.48. The summed E-state index contributed by atoms with van der Waals surface area (Å²) in [6.07, 6.45) is -0.473. The first-order valence-corrected chi connectivity index (χ1v) is 17.9. The molecule has 0 bridgehead atoms. The fraction of sp³-hybridized carbons (Fsp3) is 0.448. The third-order valence-corrected chi connectivity index (χ3v) is 14.0. The van der Waals surface area contributed by atoms with Gasteiger partial charge in [0.25, 0.3) is 5.69 Å². The predicted molar refractivity (Wildman–Crippen MR) is 156 cm³/mol. The zero-order valence-electron chi connectivity index (χ0n) is 24.7. The molecule has 2 aliphatic rings. The van der Waals surface area contributed by atoms with Gasteiger partial charge in [0.2, 0.25) is 5.91 Å². The van der Waals surface area contributed by atoms with Crippen LogP contribution in [0.2, 0.25) is 18.1 Å². The number of β-lactam (4-membered cyclic amide) rings is 1. The molecule has 0 N–H and O–H groups in total. The number of rotatable bonds is 10. The van der Waals surface area contributed by atoms with Crippen LogP contribution in [0.1, 0.15) is 45.2 Å². The maximum atomic E-state index is 13.5. The van der Waals surface area contributed by atoms with Crippen molar-refractivity contribution < 1.29 is 36.3 Å². The molecule has 2 aromatic rings. The Balaban J connectivity index is 1.60. The number of nitrogens with zero attached hydrogens (tertiary/aromatic N) is 2. The van der Waals surface area contributed by atoms with E-state index in [1.807, 2.05) is 13.8 Å². The number of amides is 1. The molecule has 1 amide bonds. The zero-order chi connectivity index (χ0) is 31.2. The van der Waals surface area contributed by atoms with Crippen molar-refractivity contribution in [3.8, 4) is 0 Å². The smallest absolute Gasteiger partial charge is 0.358 e. The van der Waals surface area contributed by atoms with Gasteiger partial charge in [0.15, 0.2) is 19.8 Å². The molecular weight excluding hydrogens is 580 g/mol. The van der Waals surface area contributed by atoms with E-state index in [4.69, 9.17) is 13.3 Å². The number of hydrogen-bond donors (Lipinski definition) is 0. The number of esters is 1. The molecule has 2 heterocycles. The fourth-order valence-electron chi connectivity index (χ4n) is 4.81. The molecule has 1 fully saturated rings. The lowest BCUT2D eigenvalue weighted by Crippen LogP contribution is -2.63. The summed E-state index contributed by atoms with van der Waals surface area (Å²) < 4.78 is 43.8. The molecule has 0 spiro atoms. The van der Waals surface area contributed by atoms with Gasteiger partial charge in [-0.05, 0) is 61.8 Å². The third-order valence-electron chi connectivity index (χ3n) is 8.19. The van der Waals surface area contributed by atoms with Gasteiger partial charge in [0.1, 0.15) is 11.5 Å². The summed E-state index contributed by atoms with van der Waals surface area (Å²) in [5, 5.41) is 10.8. The first kappa shape index (κ1) is 31.4. The number of nitro groups is 1. The van der Waals surface area contributed by atoms with Crippen molar-refractivity contribution in [3.63, 3.8) is 0 Å². The lowest BCUT2D eigenvalue weighted by molar-refractivity contribution is -0.384. The number of aryl methyl sites for hydroxylation is 1. The first-order valence-electron chi connectivity index (χ1n) is 13.6. The summed E-state index contributed by atoms with van der Waals surface area (Å²) in [6.45, 7) is 13.9. The average molecular weight is 617 g/mol. The molecule has 2 aromatic carbocycles. The van der Waals surface area contributed by atoms with Crippen LogP contribution in [0.3, 0.4) is 0 Å². The highest BCUT2D eigenvalue weighted by molar-refractivity contribution is 7.86. The van der Waals surface area contributed by atoms with E-state index in [0.29, 0.717) is 5.56 Å². The SMILES string of the molecule is Cc1ccc(S(=O)(=O)OC2=C(C(=O)OCc3ccc([N+](=O)[O-])cc3)N3C(=O)[C@H]([C@@H](C)O[Si](C)(C)C(C)(C)C)[C@H]3C2)cc1. The second kappa shape index (κ2) is 11.3. The minimum Gasteiger partial charge on any atom is -0.456 e. The Morgan fingerprint density at radius 2 is 1.71 bits per heavy atom. The van der Waals surface area contributed by atoms with Crippen LogP contribution in [-0.2, 0) is 39.7 Å². The highest BCUT2D eigenvalue weighted by Gasteiger charge is 2.59. The largest absolute Gasteiger partial charge is 0.456 e. The minimum absolute atomic E-state index is 0.00529. The van der Waals surface area contributed by atoms with Crippen LogP contribution in [0.5, 0.6) is 0 Å². The molecule has 0 aromatic heterocycles. The van der Waals surface area contributed by atoms with Gasteiger partial charge in [0.05, 0.1) is 23.0 Å². The van der Waals surface area contributed by atoms with Gasteiger partial charge < -0.3 is 13.3 Å². The molecule has 42 heavy (non-hydrogen) atoms. The Kier molecular flexibility index (Phi) is 8.42. The van der Waals surface area contributed by atoms with Crippen LogP contribution in [0.25, 0.3) is 0 Å². The van der Waals surface area contributed by atoms with E-state index in [1.54, 1.807) is 12.1 Å². The van der Waals surface area contributed by atoms with Gasteiger partial charge in [0, 0.05) is 18.6 Å². The summed E-state index contributed by atoms with van der Waals surface area (Å²) >= 11 is 0. The van der Waals surface area contributed by atoms with Crippen LogP contribution >= 0.6 is 0 Å². The van der Waals surface area contributed by atoms with E-state index in [2.05, 4.69) is 33.9 Å². The number of nitro benzene ring substituents is 1. The van der Waals surface area contributed by atoms with Crippen LogP contribution in [0, 0.1) is 23.0 Å². The second-order valence-corrected chi connectivity index (χ2v) is 18.5. The van der Waals surface area contributed by atoms with Gasteiger partial charge >= 0.3 is 16.1 Å². The highest BCUT2D eigenvalue weighted by Crippen LogP contribution is 2.47. The Labute approximate surface area is 246 Å². The molecule has 0 unspecified atom stereocenters. The van der Waals surface area contributed by atoms with Gasteiger partial charge in [-0.15, -0.1) is 0 Å². The maximum absolute atomic E-state index is 13.5. The number of non-ortho nitro benzene ring substituents is 1. The second-order valence-electron chi connectivity index (χ2n) is 12.2. The molecule has 0 aliphatic carbocycles. The standard InChI is InChI=1S/C29H36N2O9SSi/c1-18-8-14-22(15-9-18)41(36,37)39-24-16-23-25(19(2)40-42(6,7)29(3,4)5)27(32)30(23)26(24)28(33)38-17-20-10-12-21(13-11-20)31(34)35/h8-15,19,23,25H,16-17H2,1-7H3/t19-,23-,25-/m1/s1. The summed E-state index contributed by atoms with van der Waals surface area (Å²) in [7, 11) is -6.56. The van der Waals surface area contributed by atoms with Gasteiger partial charge in [-0.1, -0.05) is 38.5 Å². The summed E-state index contributed by atoms with van der Waals surface area (Å²) in [4.78, 5) is 38.4. The predicted octanol–water partition coefficient (Wildman–Crippen LogP) is 5.20. The normalized spacial score (nSPS) is 19.7. The van der Waals surface area contributed by atoms with Crippen LogP contribution in [-0.4, -0.2) is 50.6 Å². The first-order chi connectivity index (χ1) is 19.4. The molecule has 0 saturated carbocycles. The van der Waals surface area contributed by atoms with Crippen molar-refractivity contribution in [1.29, 1.82) is 0 Å². The molecular formula is C29H36N2O9SSi.